The van der Waals surface area contributed by atoms with Crippen LogP contribution >= 0.6 is 15.9 Å². The molecule has 1 heterocycles. The van der Waals surface area contributed by atoms with Gasteiger partial charge in [0.2, 0.25) is 0 Å². The van der Waals surface area contributed by atoms with E-state index in [1.54, 1.807) is 0 Å². The highest BCUT2D eigenvalue weighted by Crippen LogP contribution is 2.26. The summed E-state index contributed by atoms with van der Waals surface area (Å²) >= 11 is 3.39. The number of nitrogens with zero attached hydrogens (tertiary/aromatic N) is 2. The standard InChI is InChI=1S/C13H13BrN2/c1-10-3-2-6-16(9-10)13-5-4-12(14)7-11(13)8-15/h3-5,7H,2,6,9H2,1H3. The molecule has 0 aromatic heterocycles. The van der Waals surface area contributed by atoms with Crippen LogP contribution in [0.4, 0.5) is 5.69 Å². The van der Waals surface area contributed by atoms with Crippen LogP contribution in [0.2, 0.25) is 0 Å². The summed E-state index contributed by atoms with van der Waals surface area (Å²) in [5.74, 6) is 0. The molecule has 82 valence electrons. The first kappa shape index (κ1) is 11.2. The molecule has 2 nitrogen and oxygen atoms in total. The number of rotatable bonds is 1. The van der Waals surface area contributed by atoms with Crippen LogP contribution in [0.15, 0.2) is 34.3 Å². The number of halogens is 1. The van der Waals surface area contributed by atoms with Crippen molar-refractivity contribution >= 4 is 21.6 Å². The Morgan fingerprint density at radius 1 is 1.44 bits per heavy atom. The summed E-state index contributed by atoms with van der Waals surface area (Å²) in [4.78, 5) is 2.26. The summed E-state index contributed by atoms with van der Waals surface area (Å²) in [6.45, 7) is 4.06. The maximum atomic E-state index is 9.13. The van der Waals surface area contributed by atoms with Crippen LogP contribution in [0.3, 0.4) is 0 Å². The Morgan fingerprint density at radius 2 is 2.25 bits per heavy atom. The quantitative estimate of drug-likeness (QED) is 0.735. The van der Waals surface area contributed by atoms with Crippen LogP contribution in [0, 0.1) is 11.3 Å². The second-order valence-electron chi connectivity index (χ2n) is 4.03. The monoisotopic (exact) mass is 276 g/mol. The van der Waals surface area contributed by atoms with Gasteiger partial charge in [0, 0.05) is 17.6 Å². The van der Waals surface area contributed by atoms with Crippen molar-refractivity contribution in [3.63, 3.8) is 0 Å². The molecular formula is C13H13BrN2. The molecule has 0 bridgehead atoms. The lowest BCUT2D eigenvalue weighted by Gasteiger charge is -2.29. The van der Waals surface area contributed by atoms with Gasteiger partial charge in [-0.25, -0.2) is 0 Å². The van der Waals surface area contributed by atoms with E-state index < -0.39 is 0 Å². The predicted molar refractivity (Wildman–Crippen MR) is 69.4 cm³/mol. The van der Waals surface area contributed by atoms with Gasteiger partial charge in [-0.2, -0.15) is 5.26 Å². The third kappa shape index (κ3) is 2.28. The number of hydrogen-bond donors (Lipinski definition) is 0. The first-order valence-corrected chi connectivity index (χ1v) is 6.10. The summed E-state index contributed by atoms with van der Waals surface area (Å²) in [5.41, 5.74) is 3.15. The number of benzene rings is 1. The zero-order chi connectivity index (χ0) is 11.5. The van der Waals surface area contributed by atoms with Gasteiger partial charge in [-0.1, -0.05) is 27.6 Å². The van der Waals surface area contributed by atoms with E-state index in [1.807, 2.05) is 18.2 Å². The minimum absolute atomic E-state index is 0.740. The van der Waals surface area contributed by atoms with E-state index >= 15 is 0 Å². The zero-order valence-electron chi connectivity index (χ0n) is 9.20. The first-order chi connectivity index (χ1) is 7.70. The number of anilines is 1. The third-order valence-electron chi connectivity index (χ3n) is 2.75. The fourth-order valence-corrected chi connectivity index (χ4v) is 2.35. The molecule has 0 unspecified atom stereocenters. The normalized spacial score (nSPS) is 15.6. The van der Waals surface area contributed by atoms with Crippen LogP contribution < -0.4 is 4.90 Å². The smallest absolute Gasteiger partial charge is 0.101 e. The van der Waals surface area contributed by atoms with Crippen molar-refractivity contribution in [2.75, 3.05) is 18.0 Å². The lowest BCUT2D eigenvalue weighted by molar-refractivity contribution is 0.790. The maximum Gasteiger partial charge on any atom is 0.101 e. The molecule has 2 rings (SSSR count). The summed E-state index contributed by atoms with van der Waals surface area (Å²) < 4.78 is 0.956. The van der Waals surface area contributed by atoms with Crippen molar-refractivity contribution in [2.45, 2.75) is 13.3 Å². The van der Waals surface area contributed by atoms with Gasteiger partial charge in [-0.3, -0.25) is 0 Å². The fourth-order valence-electron chi connectivity index (χ4n) is 1.99. The molecule has 16 heavy (non-hydrogen) atoms. The van der Waals surface area contributed by atoms with Crippen LogP contribution in [-0.4, -0.2) is 13.1 Å². The van der Waals surface area contributed by atoms with Crippen LogP contribution in [0.1, 0.15) is 18.9 Å². The van der Waals surface area contributed by atoms with E-state index in [1.165, 1.54) is 5.57 Å². The van der Waals surface area contributed by atoms with Gasteiger partial charge in [0.15, 0.2) is 0 Å². The highest BCUT2D eigenvalue weighted by molar-refractivity contribution is 9.10. The predicted octanol–water partition coefficient (Wildman–Crippen LogP) is 3.48. The van der Waals surface area contributed by atoms with E-state index in [0.29, 0.717) is 0 Å². The zero-order valence-corrected chi connectivity index (χ0v) is 10.8. The maximum absolute atomic E-state index is 9.13. The van der Waals surface area contributed by atoms with Crippen molar-refractivity contribution < 1.29 is 0 Å². The summed E-state index contributed by atoms with van der Waals surface area (Å²) in [6, 6.07) is 8.14. The molecule has 1 aliphatic heterocycles. The largest absolute Gasteiger partial charge is 0.366 e. The number of hydrogen-bond acceptors (Lipinski definition) is 2. The van der Waals surface area contributed by atoms with Crippen molar-refractivity contribution in [3.8, 4) is 6.07 Å². The second-order valence-corrected chi connectivity index (χ2v) is 4.95. The Hall–Kier alpha value is -1.27. The molecule has 3 heteroatoms. The van der Waals surface area contributed by atoms with Crippen molar-refractivity contribution in [2.24, 2.45) is 0 Å². The molecule has 0 aliphatic carbocycles. The van der Waals surface area contributed by atoms with Crippen LogP contribution in [0.5, 0.6) is 0 Å². The molecule has 1 aromatic rings. The summed E-state index contributed by atoms with van der Waals surface area (Å²) in [5, 5.41) is 9.13. The SMILES string of the molecule is CC1=CCCN(c2ccc(Br)cc2C#N)C1. The Kier molecular flexibility index (Phi) is 3.31. The van der Waals surface area contributed by atoms with Gasteiger partial charge < -0.3 is 4.90 Å². The van der Waals surface area contributed by atoms with Gasteiger partial charge in [-0.15, -0.1) is 0 Å². The molecule has 1 aliphatic rings. The first-order valence-electron chi connectivity index (χ1n) is 5.31. The molecular weight excluding hydrogens is 264 g/mol. The highest BCUT2D eigenvalue weighted by Gasteiger charge is 2.14. The molecule has 0 amide bonds. The van der Waals surface area contributed by atoms with Crippen molar-refractivity contribution in [3.05, 3.63) is 39.9 Å². The molecule has 0 saturated carbocycles. The van der Waals surface area contributed by atoms with E-state index in [2.05, 4.69) is 39.9 Å². The van der Waals surface area contributed by atoms with E-state index in [4.69, 9.17) is 5.26 Å². The van der Waals surface area contributed by atoms with Gasteiger partial charge in [0.05, 0.1) is 11.3 Å². The van der Waals surface area contributed by atoms with Gasteiger partial charge in [0.25, 0.3) is 0 Å². The van der Waals surface area contributed by atoms with Crippen molar-refractivity contribution in [1.29, 1.82) is 5.26 Å². The molecule has 0 radical (unpaired) electrons. The fraction of sp³-hybridized carbons (Fsp3) is 0.308. The molecule has 0 spiro atoms. The lowest BCUT2D eigenvalue weighted by Crippen LogP contribution is -2.29. The van der Waals surface area contributed by atoms with Gasteiger partial charge >= 0.3 is 0 Å². The van der Waals surface area contributed by atoms with Crippen LogP contribution in [0.25, 0.3) is 0 Å². The average Bonchev–Trinajstić information content (AvgIpc) is 2.28. The molecule has 0 fully saturated rings. The Morgan fingerprint density at radius 3 is 2.94 bits per heavy atom. The topological polar surface area (TPSA) is 27.0 Å². The van der Waals surface area contributed by atoms with E-state index in [9.17, 15) is 0 Å². The molecule has 1 aromatic carbocycles. The minimum Gasteiger partial charge on any atom is -0.366 e. The Bertz CT molecular complexity index is 471. The van der Waals surface area contributed by atoms with Gasteiger partial charge in [0.1, 0.15) is 6.07 Å². The van der Waals surface area contributed by atoms with E-state index in [0.717, 1.165) is 35.2 Å². The second kappa shape index (κ2) is 4.71. The Labute approximate surface area is 104 Å². The average molecular weight is 277 g/mol. The van der Waals surface area contributed by atoms with Crippen LogP contribution in [-0.2, 0) is 0 Å². The minimum atomic E-state index is 0.740. The lowest BCUT2D eigenvalue weighted by atomic mass is 10.1. The van der Waals surface area contributed by atoms with E-state index in [-0.39, 0.29) is 0 Å². The Balaban J connectivity index is 2.34. The summed E-state index contributed by atoms with van der Waals surface area (Å²) in [6.07, 6.45) is 3.33. The molecule has 0 N–H and O–H groups in total. The number of nitriles is 1. The highest BCUT2D eigenvalue weighted by atomic mass is 79.9. The third-order valence-corrected chi connectivity index (χ3v) is 3.25. The van der Waals surface area contributed by atoms with Gasteiger partial charge in [-0.05, 0) is 31.5 Å². The van der Waals surface area contributed by atoms with Crippen molar-refractivity contribution in [1.82, 2.24) is 0 Å². The summed E-state index contributed by atoms with van der Waals surface area (Å²) in [7, 11) is 0. The molecule has 0 atom stereocenters. The molecule has 0 saturated heterocycles.